The van der Waals surface area contributed by atoms with Crippen LogP contribution in [0, 0.1) is 0 Å². The number of ketones is 1. The molecule has 1 atom stereocenters. The van der Waals surface area contributed by atoms with Crippen molar-refractivity contribution in [2.75, 3.05) is 0 Å². The topological polar surface area (TPSA) is 17.1 Å². The molecule has 0 aromatic heterocycles. The molecule has 0 saturated heterocycles. The van der Waals surface area contributed by atoms with E-state index in [1.807, 2.05) is 0 Å². The Morgan fingerprint density at radius 2 is 2.00 bits per heavy atom. The van der Waals surface area contributed by atoms with Gasteiger partial charge in [-0.2, -0.15) is 13.2 Å². The third kappa shape index (κ3) is 3.55. The first-order valence-electron chi connectivity index (χ1n) is 4.68. The summed E-state index contributed by atoms with van der Waals surface area (Å²) in [7, 11) is 0. The summed E-state index contributed by atoms with van der Waals surface area (Å²) in [5.74, 6) is -0.230. The molecule has 1 nitrogen and oxygen atoms in total. The minimum atomic E-state index is -4.40. The average Bonchev–Trinajstić information content (AvgIpc) is 2.25. The van der Waals surface area contributed by atoms with Crippen molar-refractivity contribution in [1.82, 2.24) is 0 Å². The zero-order chi connectivity index (χ0) is 13.2. The van der Waals surface area contributed by atoms with Gasteiger partial charge in [0.25, 0.3) is 0 Å². The smallest absolute Gasteiger partial charge is 0.298 e. The van der Waals surface area contributed by atoms with Gasteiger partial charge in [-0.1, -0.05) is 37.9 Å². The van der Waals surface area contributed by atoms with E-state index in [1.165, 1.54) is 13.0 Å². The van der Waals surface area contributed by atoms with E-state index in [1.54, 1.807) is 0 Å². The highest BCUT2D eigenvalue weighted by atomic mass is 79.9. The third-order valence-corrected chi connectivity index (χ3v) is 3.99. The van der Waals surface area contributed by atoms with Gasteiger partial charge < -0.3 is 0 Å². The van der Waals surface area contributed by atoms with E-state index in [2.05, 4.69) is 31.9 Å². The minimum Gasteiger partial charge on any atom is -0.298 e. The van der Waals surface area contributed by atoms with Crippen LogP contribution in [0.15, 0.2) is 18.2 Å². The van der Waals surface area contributed by atoms with Crippen molar-refractivity contribution >= 4 is 37.6 Å². The van der Waals surface area contributed by atoms with Gasteiger partial charge in [0.15, 0.2) is 0 Å². The molecule has 1 aromatic carbocycles. The van der Waals surface area contributed by atoms with Crippen molar-refractivity contribution in [3.63, 3.8) is 0 Å². The molecule has 0 amide bonds. The first-order valence-corrected chi connectivity index (χ1v) is 6.71. The van der Waals surface area contributed by atoms with Gasteiger partial charge in [-0.05, 0) is 30.2 Å². The number of rotatable bonds is 3. The normalized spacial score (nSPS) is 13.5. The largest absolute Gasteiger partial charge is 0.416 e. The molecule has 0 aliphatic rings. The van der Waals surface area contributed by atoms with E-state index in [4.69, 9.17) is 0 Å². The van der Waals surface area contributed by atoms with Crippen molar-refractivity contribution in [2.24, 2.45) is 0 Å². The summed E-state index contributed by atoms with van der Waals surface area (Å²) in [6.07, 6.45) is -4.40. The number of Topliss-reactive ketones (excluding diaryl/α,β-unsaturated/α-hetero) is 1. The van der Waals surface area contributed by atoms with E-state index in [-0.39, 0.29) is 5.78 Å². The van der Waals surface area contributed by atoms with Gasteiger partial charge in [-0.25, -0.2) is 0 Å². The number of carbonyl (C=O) groups is 1. The molecular formula is C11H9Br2F3O. The number of hydrogen-bond acceptors (Lipinski definition) is 1. The zero-order valence-electron chi connectivity index (χ0n) is 8.81. The molecule has 0 aliphatic carbocycles. The molecule has 0 heterocycles. The first-order chi connectivity index (χ1) is 7.77. The Kier molecular flexibility index (Phi) is 4.77. The van der Waals surface area contributed by atoms with Gasteiger partial charge >= 0.3 is 6.18 Å². The van der Waals surface area contributed by atoms with Gasteiger partial charge in [0.05, 0.1) is 10.4 Å². The van der Waals surface area contributed by atoms with Crippen molar-refractivity contribution in [3.05, 3.63) is 34.9 Å². The fourth-order valence-electron chi connectivity index (χ4n) is 1.35. The van der Waals surface area contributed by atoms with Crippen molar-refractivity contribution < 1.29 is 18.0 Å². The molecule has 0 aliphatic heterocycles. The van der Waals surface area contributed by atoms with Crippen LogP contribution >= 0.6 is 31.9 Å². The van der Waals surface area contributed by atoms with Gasteiger partial charge in [0, 0.05) is 5.33 Å². The zero-order valence-corrected chi connectivity index (χ0v) is 12.0. The molecule has 0 spiro atoms. The van der Waals surface area contributed by atoms with Gasteiger partial charge in [0.1, 0.15) is 5.78 Å². The SMILES string of the molecule is CC(=O)C(Br)c1cc(C(F)(F)F)ccc1CBr. The standard InChI is InChI=1S/C11H9Br2F3O/c1-6(17)10(13)9-4-8(11(14,15)16)3-2-7(9)5-12/h2-4,10H,5H2,1H3. The molecule has 1 unspecified atom stereocenters. The van der Waals surface area contributed by atoms with Crippen LogP contribution in [0.4, 0.5) is 13.2 Å². The second-order valence-corrected chi connectivity index (χ2v) is 4.99. The Bertz CT molecular complexity index is 429. The molecule has 0 N–H and O–H groups in total. The predicted octanol–water partition coefficient (Wildman–Crippen LogP) is 4.63. The molecule has 0 bridgehead atoms. The van der Waals surface area contributed by atoms with E-state index >= 15 is 0 Å². The van der Waals surface area contributed by atoms with Crippen molar-refractivity contribution in [1.29, 1.82) is 0 Å². The molecule has 0 radical (unpaired) electrons. The van der Waals surface area contributed by atoms with Crippen molar-refractivity contribution in [2.45, 2.75) is 23.3 Å². The van der Waals surface area contributed by atoms with E-state index in [0.29, 0.717) is 16.5 Å². The summed E-state index contributed by atoms with van der Waals surface area (Å²) in [5.41, 5.74) is 0.266. The summed E-state index contributed by atoms with van der Waals surface area (Å²) < 4.78 is 37.7. The Hall–Kier alpha value is -0.360. The van der Waals surface area contributed by atoms with Crippen LogP contribution in [0.3, 0.4) is 0 Å². The summed E-state index contributed by atoms with van der Waals surface area (Å²) in [6.45, 7) is 1.33. The lowest BCUT2D eigenvalue weighted by molar-refractivity contribution is -0.137. The summed E-state index contributed by atoms with van der Waals surface area (Å²) in [6, 6.07) is 3.40. The number of carbonyl (C=O) groups excluding carboxylic acids is 1. The highest BCUT2D eigenvalue weighted by Crippen LogP contribution is 2.35. The van der Waals surface area contributed by atoms with Crippen LogP contribution < -0.4 is 0 Å². The molecule has 1 aromatic rings. The monoisotopic (exact) mass is 372 g/mol. The number of halogens is 5. The van der Waals surface area contributed by atoms with Gasteiger partial charge in [0.2, 0.25) is 0 Å². The first kappa shape index (κ1) is 14.7. The number of alkyl halides is 5. The number of benzene rings is 1. The maximum Gasteiger partial charge on any atom is 0.416 e. The second-order valence-electron chi connectivity index (χ2n) is 3.52. The second kappa shape index (κ2) is 5.52. The van der Waals surface area contributed by atoms with E-state index in [0.717, 1.165) is 12.1 Å². The molecule has 6 heteroatoms. The summed E-state index contributed by atoms with van der Waals surface area (Å²) in [5, 5.41) is 0.399. The fourth-order valence-corrected chi connectivity index (χ4v) is 2.28. The van der Waals surface area contributed by atoms with E-state index < -0.39 is 16.6 Å². The maximum absolute atomic E-state index is 12.6. The quantitative estimate of drug-likeness (QED) is 0.706. The lowest BCUT2D eigenvalue weighted by Crippen LogP contribution is -2.09. The van der Waals surface area contributed by atoms with Crippen LogP contribution in [0.1, 0.15) is 28.4 Å². The van der Waals surface area contributed by atoms with Crippen LogP contribution in [0.5, 0.6) is 0 Å². The Morgan fingerprint density at radius 1 is 1.41 bits per heavy atom. The lowest BCUT2D eigenvalue weighted by atomic mass is 10.0. The van der Waals surface area contributed by atoms with Crippen LogP contribution in [0.25, 0.3) is 0 Å². The molecule has 0 fully saturated rings. The van der Waals surface area contributed by atoms with Crippen LogP contribution in [0.2, 0.25) is 0 Å². The molecule has 17 heavy (non-hydrogen) atoms. The van der Waals surface area contributed by atoms with Gasteiger partial charge in [-0.3, -0.25) is 4.79 Å². The fraction of sp³-hybridized carbons (Fsp3) is 0.364. The van der Waals surface area contributed by atoms with Crippen LogP contribution in [-0.4, -0.2) is 5.78 Å². The van der Waals surface area contributed by atoms with Crippen molar-refractivity contribution in [3.8, 4) is 0 Å². The van der Waals surface area contributed by atoms with E-state index in [9.17, 15) is 18.0 Å². The third-order valence-electron chi connectivity index (χ3n) is 2.25. The van der Waals surface area contributed by atoms with Crippen LogP contribution in [-0.2, 0) is 16.3 Å². The Morgan fingerprint density at radius 3 is 2.41 bits per heavy atom. The lowest BCUT2D eigenvalue weighted by Gasteiger charge is -2.15. The Balaban J connectivity index is 3.29. The average molecular weight is 374 g/mol. The molecule has 0 saturated carbocycles. The predicted molar refractivity (Wildman–Crippen MR) is 66.4 cm³/mol. The highest BCUT2D eigenvalue weighted by Gasteiger charge is 2.31. The minimum absolute atomic E-state index is 0.230. The molecular weight excluding hydrogens is 365 g/mol. The molecule has 1 rings (SSSR count). The Labute approximate surface area is 114 Å². The molecule has 94 valence electrons. The number of hydrogen-bond donors (Lipinski definition) is 0. The highest BCUT2D eigenvalue weighted by molar-refractivity contribution is 9.09. The summed E-state index contributed by atoms with van der Waals surface area (Å²) >= 11 is 6.29. The summed E-state index contributed by atoms with van der Waals surface area (Å²) in [4.78, 5) is 10.5. The maximum atomic E-state index is 12.6. The van der Waals surface area contributed by atoms with Gasteiger partial charge in [-0.15, -0.1) is 0 Å².